The summed E-state index contributed by atoms with van der Waals surface area (Å²) in [5, 5.41) is 2.77. The van der Waals surface area contributed by atoms with Crippen LogP contribution >= 0.6 is 0 Å². The molecule has 1 fully saturated rings. The SMILES string of the molecule is CCCCOC(=O)Nc1cnccc1CN1CN(c2ccc(OC(F)(F)F)cc2)CC1(C)C. The molecule has 2 aromatic rings. The summed E-state index contributed by atoms with van der Waals surface area (Å²) in [6.07, 6.45) is -0.230. The minimum atomic E-state index is -4.72. The number of carbonyl (C=O) groups excluding carboxylic acids is 1. The van der Waals surface area contributed by atoms with Gasteiger partial charge in [0.1, 0.15) is 5.75 Å². The summed E-state index contributed by atoms with van der Waals surface area (Å²) in [6, 6.07) is 7.71. The van der Waals surface area contributed by atoms with Crippen molar-refractivity contribution in [3.63, 3.8) is 0 Å². The molecule has 1 N–H and O–H groups in total. The summed E-state index contributed by atoms with van der Waals surface area (Å²) < 4.78 is 46.4. The van der Waals surface area contributed by atoms with Crippen LogP contribution in [0.1, 0.15) is 39.2 Å². The van der Waals surface area contributed by atoms with Crippen LogP contribution in [0.2, 0.25) is 0 Å². The highest BCUT2D eigenvalue weighted by atomic mass is 19.4. The molecule has 0 bridgehead atoms. The molecular formula is C23H29F3N4O3. The normalized spacial score (nSPS) is 16.0. The average Bonchev–Trinajstić information content (AvgIpc) is 3.03. The van der Waals surface area contributed by atoms with Crippen molar-refractivity contribution in [1.29, 1.82) is 0 Å². The number of aromatic nitrogens is 1. The van der Waals surface area contributed by atoms with Crippen molar-refractivity contribution in [3.05, 3.63) is 48.3 Å². The van der Waals surface area contributed by atoms with E-state index >= 15 is 0 Å². The highest BCUT2D eigenvalue weighted by Gasteiger charge is 2.37. The van der Waals surface area contributed by atoms with Gasteiger partial charge in [-0.3, -0.25) is 15.2 Å². The molecule has 1 aliphatic rings. The smallest absolute Gasteiger partial charge is 0.449 e. The Kier molecular flexibility index (Phi) is 7.68. The van der Waals surface area contributed by atoms with E-state index in [0.29, 0.717) is 32.1 Å². The number of nitrogens with one attached hydrogen (secondary N) is 1. The molecule has 2 heterocycles. The number of pyridine rings is 1. The molecule has 1 aromatic carbocycles. The molecule has 10 heteroatoms. The monoisotopic (exact) mass is 466 g/mol. The van der Waals surface area contributed by atoms with E-state index in [-0.39, 0.29) is 11.3 Å². The van der Waals surface area contributed by atoms with Crippen molar-refractivity contribution in [2.75, 3.05) is 30.0 Å². The van der Waals surface area contributed by atoms with Crippen LogP contribution in [0, 0.1) is 0 Å². The molecule has 1 saturated heterocycles. The van der Waals surface area contributed by atoms with Gasteiger partial charge in [-0.1, -0.05) is 13.3 Å². The van der Waals surface area contributed by atoms with Crippen molar-refractivity contribution < 1.29 is 27.4 Å². The number of amides is 1. The average molecular weight is 467 g/mol. The quantitative estimate of drug-likeness (QED) is 0.527. The van der Waals surface area contributed by atoms with Gasteiger partial charge in [0.15, 0.2) is 0 Å². The maximum absolute atomic E-state index is 12.4. The predicted octanol–water partition coefficient (Wildman–Crippen LogP) is 5.39. The largest absolute Gasteiger partial charge is 0.573 e. The second-order valence-electron chi connectivity index (χ2n) is 8.54. The number of hydrogen-bond donors (Lipinski definition) is 1. The van der Waals surface area contributed by atoms with E-state index in [2.05, 4.69) is 38.7 Å². The van der Waals surface area contributed by atoms with E-state index in [1.54, 1.807) is 24.5 Å². The molecule has 0 aliphatic carbocycles. The summed E-state index contributed by atoms with van der Waals surface area (Å²) in [4.78, 5) is 20.5. The van der Waals surface area contributed by atoms with Crippen molar-refractivity contribution >= 4 is 17.5 Å². The van der Waals surface area contributed by atoms with Gasteiger partial charge in [-0.2, -0.15) is 0 Å². The molecule has 1 aromatic heterocycles. The Morgan fingerprint density at radius 1 is 1.21 bits per heavy atom. The molecule has 0 radical (unpaired) electrons. The molecule has 0 atom stereocenters. The predicted molar refractivity (Wildman–Crippen MR) is 119 cm³/mol. The maximum atomic E-state index is 12.4. The Morgan fingerprint density at radius 2 is 1.94 bits per heavy atom. The lowest BCUT2D eigenvalue weighted by Crippen LogP contribution is -2.39. The van der Waals surface area contributed by atoms with E-state index in [4.69, 9.17) is 4.74 Å². The zero-order valence-electron chi connectivity index (χ0n) is 19.0. The van der Waals surface area contributed by atoms with Gasteiger partial charge in [0, 0.05) is 30.5 Å². The van der Waals surface area contributed by atoms with Crippen LogP contribution in [-0.4, -0.2) is 47.7 Å². The second-order valence-corrected chi connectivity index (χ2v) is 8.54. The molecular weight excluding hydrogens is 437 g/mol. The first-order valence-electron chi connectivity index (χ1n) is 10.8. The molecule has 0 unspecified atom stereocenters. The fraction of sp³-hybridized carbons (Fsp3) is 0.478. The zero-order chi connectivity index (χ0) is 24.1. The molecule has 3 rings (SSSR count). The standard InChI is InChI=1S/C23H29F3N4O3/c1-4-5-12-32-21(31)28-20-13-27-11-10-17(20)14-30-16-29(15-22(30,2)3)18-6-8-19(9-7-18)33-23(24,25)26/h6-11,13H,4-5,12,14-16H2,1-3H3,(H,28,31). The summed E-state index contributed by atoms with van der Waals surface area (Å²) in [6.45, 7) is 8.37. The number of carbonyl (C=O) groups is 1. The van der Waals surface area contributed by atoms with Crippen molar-refractivity contribution in [3.8, 4) is 5.75 Å². The first-order chi connectivity index (χ1) is 15.6. The maximum Gasteiger partial charge on any atom is 0.573 e. The minimum Gasteiger partial charge on any atom is -0.449 e. The number of benzene rings is 1. The van der Waals surface area contributed by atoms with Gasteiger partial charge in [0.2, 0.25) is 0 Å². The molecule has 7 nitrogen and oxygen atoms in total. The first-order valence-corrected chi connectivity index (χ1v) is 10.8. The number of ether oxygens (including phenoxy) is 2. The third-order valence-electron chi connectivity index (χ3n) is 5.45. The molecule has 1 aliphatic heterocycles. The van der Waals surface area contributed by atoms with Crippen LogP contribution < -0.4 is 15.0 Å². The van der Waals surface area contributed by atoms with Gasteiger partial charge >= 0.3 is 12.5 Å². The van der Waals surface area contributed by atoms with Gasteiger partial charge in [0.05, 0.1) is 25.2 Å². The lowest BCUT2D eigenvalue weighted by molar-refractivity contribution is -0.274. The van der Waals surface area contributed by atoms with Gasteiger partial charge < -0.3 is 14.4 Å². The number of hydrogen-bond acceptors (Lipinski definition) is 6. The van der Waals surface area contributed by atoms with E-state index in [0.717, 1.165) is 24.1 Å². The Hall–Kier alpha value is -3.01. The van der Waals surface area contributed by atoms with Crippen LogP contribution in [0.5, 0.6) is 5.75 Å². The highest BCUT2D eigenvalue weighted by molar-refractivity contribution is 5.85. The first kappa shape index (κ1) is 24.6. The highest BCUT2D eigenvalue weighted by Crippen LogP contribution is 2.33. The summed E-state index contributed by atoms with van der Waals surface area (Å²) in [7, 11) is 0. The van der Waals surface area contributed by atoms with Gasteiger partial charge in [-0.25, -0.2) is 4.79 Å². The molecule has 33 heavy (non-hydrogen) atoms. The molecule has 180 valence electrons. The van der Waals surface area contributed by atoms with Crippen LogP contribution in [0.4, 0.5) is 29.3 Å². The molecule has 0 spiro atoms. The van der Waals surface area contributed by atoms with E-state index in [1.807, 2.05) is 13.0 Å². The summed E-state index contributed by atoms with van der Waals surface area (Å²) >= 11 is 0. The lowest BCUT2D eigenvalue weighted by Gasteiger charge is -2.30. The number of anilines is 2. The Bertz CT molecular complexity index is 935. The van der Waals surface area contributed by atoms with Crippen LogP contribution in [0.25, 0.3) is 0 Å². The lowest BCUT2D eigenvalue weighted by atomic mass is 10.0. The fourth-order valence-electron chi connectivity index (χ4n) is 3.64. The number of halogens is 3. The van der Waals surface area contributed by atoms with Crippen LogP contribution in [-0.2, 0) is 11.3 Å². The second kappa shape index (κ2) is 10.3. The van der Waals surface area contributed by atoms with Crippen molar-refractivity contribution in [2.24, 2.45) is 0 Å². The topological polar surface area (TPSA) is 66.9 Å². The van der Waals surface area contributed by atoms with Crippen molar-refractivity contribution in [1.82, 2.24) is 9.88 Å². The van der Waals surface area contributed by atoms with Gasteiger partial charge in [-0.15, -0.1) is 13.2 Å². The Labute approximate surface area is 191 Å². The number of nitrogens with zero attached hydrogens (tertiary/aromatic N) is 3. The number of unbranched alkanes of at least 4 members (excludes halogenated alkanes) is 1. The van der Waals surface area contributed by atoms with E-state index < -0.39 is 12.5 Å². The number of rotatable bonds is 8. The van der Waals surface area contributed by atoms with Crippen molar-refractivity contribution in [2.45, 2.75) is 52.1 Å². The summed E-state index contributed by atoms with van der Waals surface area (Å²) in [5.41, 5.74) is 2.06. The third-order valence-corrected chi connectivity index (χ3v) is 5.45. The third kappa shape index (κ3) is 6.98. The molecule has 0 saturated carbocycles. The van der Waals surface area contributed by atoms with E-state index in [1.165, 1.54) is 12.1 Å². The minimum absolute atomic E-state index is 0.219. The Balaban J connectivity index is 1.67. The number of alkyl halides is 3. The van der Waals surface area contributed by atoms with Crippen LogP contribution in [0.3, 0.4) is 0 Å². The van der Waals surface area contributed by atoms with E-state index in [9.17, 15) is 18.0 Å². The van der Waals surface area contributed by atoms with Gasteiger partial charge in [-0.05, 0) is 56.2 Å². The summed E-state index contributed by atoms with van der Waals surface area (Å²) in [5.74, 6) is -0.250. The fourth-order valence-corrected chi connectivity index (χ4v) is 3.64. The van der Waals surface area contributed by atoms with Gasteiger partial charge in [0.25, 0.3) is 0 Å². The van der Waals surface area contributed by atoms with Crippen LogP contribution in [0.15, 0.2) is 42.7 Å². The molecule has 1 amide bonds. The zero-order valence-corrected chi connectivity index (χ0v) is 19.0. The Morgan fingerprint density at radius 3 is 2.61 bits per heavy atom.